The van der Waals surface area contributed by atoms with Crippen molar-refractivity contribution in [3.05, 3.63) is 35.4 Å². The van der Waals surface area contributed by atoms with Crippen LogP contribution in [0.4, 0.5) is 0 Å². The lowest BCUT2D eigenvalue weighted by Crippen LogP contribution is -2.14. The first-order valence-electron chi connectivity index (χ1n) is 7.75. The molecule has 2 atom stereocenters. The minimum Gasteiger partial charge on any atom is -0.386 e. The van der Waals surface area contributed by atoms with Crippen molar-refractivity contribution in [1.82, 2.24) is 0 Å². The van der Waals surface area contributed by atoms with Crippen molar-refractivity contribution in [2.45, 2.75) is 52.2 Å². The van der Waals surface area contributed by atoms with Crippen LogP contribution in [0, 0.1) is 5.92 Å². The Kier molecular flexibility index (Phi) is 8.51. The molecule has 0 amide bonds. The van der Waals surface area contributed by atoms with Crippen LogP contribution in [0.1, 0.15) is 56.8 Å². The third kappa shape index (κ3) is 6.04. The van der Waals surface area contributed by atoms with Crippen molar-refractivity contribution < 1.29 is 9.84 Å². The molecule has 0 aliphatic rings. The SMILES string of the molecule is CCCCC(CC)COCC(O)c1ccc(CN)cc1. The molecule has 0 spiro atoms. The van der Waals surface area contributed by atoms with E-state index < -0.39 is 6.10 Å². The summed E-state index contributed by atoms with van der Waals surface area (Å²) in [6.45, 7) is 6.05. The Morgan fingerprint density at radius 3 is 2.40 bits per heavy atom. The van der Waals surface area contributed by atoms with E-state index in [0.29, 0.717) is 19.1 Å². The Morgan fingerprint density at radius 1 is 1.15 bits per heavy atom. The number of unbranched alkanes of at least 4 members (excludes halogenated alkanes) is 1. The zero-order valence-electron chi connectivity index (χ0n) is 12.8. The van der Waals surface area contributed by atoms with Crippen LogP contribution in [0.25, 0.3) is 0 Å². The first-order valence-corrected chi connectivity index (χ1v) is 7.75. The molecule has 3 nitrogen and oxygen atoms in total. The van der Waals surface area contributed by atoms with Crippen molar-refractivity contribution in [1.29, 1.82) is 0 Å². The Hall–Kier alpha value is -0.900. The van der Waals surface area contributed by atoms with Gasteiger partial charge in [0.1, 0.15) is 6.10 Å². The molecule has 0 aliphatic heterocycles. The first kappa shape index (κ1) is 17.2. The molecule has 3 heteroatoms. The smallest absolute Gasteiger partial charge is 0.102 e. The van der Waals surface area contributed by atoms with Gasteiger partial charge in [0.2, 0.25) is 0 Å². The highest BCUT2D eigenvalue weighted by atomic mass is 16.5. The number of rotatable bonds is 10. The van der Waals surface area contributed by atoms with Gasteiger partial charge in [0.05, 0.1) is 6.61 Å². The molecule has 20 heavy (non-hydrogen) atoms. The molecule has 0 saturated carbocycles. The number of ether oxygens (including phenoxy) is 1. The van der Waals surface area contributed by atoms with E-state index in [-0.39, 0.29) is 0 Å². The fraction of sp³-hybridized carbons (Fsp3) is 0.647. The predicted octanol–water partition coefficient (Wildman–Crippen LogP) is 3.41. The van der Waals surface area contributed by atoms with Gasteiger partial charge < -0.3 is 15.6 Å². The monoisotopic (exact) mass is 279 g/mol. The van der Waals surface area contributed by atoms with Crippen molar-refractivity contribution in [3.8, 4) is 0 Å². The predicted molar refractivity (Wildman–Crippen MR) is 83.4 cm³/mol. The maximum absolute atomic E-state index is 10.1. The molecule has 0 bridgehead atoms. The lowest BCUT2D eigenvalue weighted by atomic mass is 10.0. The van der Waals surface area contributed by atoms with Crippen LogP contribution in [-0.4, -0.2) is 18.3 Å². The van der Waals surface area contributed by atoms with E-state index in [9.17, 15) is 5.11 Å². The second kappa shape index (κ2) is 9.92. The molecule has 1 aromatic carbocycles. The summed E-state index contributed by atoms with van der Waals surface area (Å²) >= 11 is 0. The van der Waals surface area contributed by atoms with E-state index >= 15 is 0 Å². The van der Waals surface area contributed by atoms with Crippen molar-refractivity contribution >= 4 is 0 Å². The van der Waals surface area contributed by atoms with Crippen LogP contribution in [0.5, 0.6) is 0 Å². The molecule has 114 valence electrons. The minimum absolute atomic E-state index is 0.366. The van der Waals surface area contributed by atoms with Crippen molar-refractivity contribution in [3.63, 3.8) is 0 Å². The van der Waals surface area contributed by atoms with Crippen LogP contribution in [0.3, 0.4) is 0 Å². The second-order valence-electron chi connectivity index (χ2n) is 5.42. The number of hydrogen-bond donors (Lipinski definition) is 2. The number of aliphatic hydroxyl groups is 1. The summed E-state index contributed by atoms with van der Waals surface area (Å²) in [5.41, 5.74) is 7.53. The molecule has 0 saturated heterocycles. The zero-order chi connectivity index (χ0) is 14.8. The van der Waals surface area contributed by atoms with Crippen molar-refractivity contribution in [2.75, 3.05) is 13.2 Å². The van der Waals surface area contributed by atoms with Crippen LogP contribution in [-0.2, 0) is 11.3 Å². The number of nitrogens with two attached hydrogens (primary N) is 1. The molecule has 0 radical (unpaired) electrons. The Morgan fingerprint density at radius 2 is 1.85 bits per heavy atom. The maximum atomic E-state index is 10.1. The Labute approximate surface area is 123 Å². The van der Waals surface area contributed by atoms with E-state index in [1.165, 1.54) is 19.3 Å². The van der Waals surface area contributed by atoms with E-state index in [1.54, 1.807) is 0 Å². The van der Waals surface area contributed by atoms with Crippen molar-refractivity contribution in [2.24, 2.45) is 11.7 Å². The number of benzene rings is 1. The summed E-state index contributed by atoms with van der Waals surface area (Å²) in [5, 5.41) is 10.1. The van der Waals surface area contributed by atoms with Crippen LogP contribution in [0.15, 0.2) is 24.3 Å². The largest absolute Gasteiger partial charge is 0.386 e. The van der Waals surface area contributed by atoms with E-state index in [4.69, 9.17) is 10.5 Å². The van der Waals surface area contributed by atoms with E-state index in [1.807, 2.05) is 24.3 Å². The van der Waals surface area contributed by atoms with Gasteiger partial charge in [-0.25, -0.2) is 0 Å². The standard InChI is InChI=1S/C17H29NO2/c1-3-5-6-14(4-2)12-20-13-17(19)16-9-7-15(11-18)8-10-16/h7-10,14,17,19H,3-6,11-13,18H2,1-2H3. The molecule has 3 N–H and O–H groups in total. The van der Waals surface area contributed by atoms with Crippen LogP contribution >= 0.6 is 0 Å². The van der Waals surface area contributed by atoms with Gasteiger partial charge in [-0.05, 0) is 23.5 Å². The van der Waals surface area contributed by atoms with E-state index in [0.717, 1.165) is 24.2 Å². The highest BCUT2D eigenvalue weighted by Gasteiger charge is 2.10. The fourth-order valence-electron chi connectivity index (χ4n) is 2.22. The maximum Gasteiger partial charge on any atom is 0.102 e. The van der Waals surface area contributed by atoms with Gasteiger partial charge in [-0.1, -0.05) is 57.4 Å². The quantitative estimate of drug-likeness (QED) is 0.690. The third-order valence-electron chi connectivity index (χ3n) is 3.77. The van der Waals surface area contributed by atoms with Gasteiger partial charge >= 0.3 is 0 Å². The average molecular weight is 279 g/mol. The molecule has 0 fully saturated rings. The topological polar surface area (TPSA) is 55.5 Å². The summed E-state index contributed by atoms with van der Waals surface area (Å²) in [5.74, 6) is 0.613. The lowest BCUT2D eigenvalue weighted by molar-refractivity contribution is 0.0181. The zero-order valence-corrected chi connectivity index (χ0v) is 12.8. The number of aliphatic hydroxyl groups excluding tert-OH is 1. The van der Waals surface area contributed by atoms with Gasteiger partial charge in [-0.2, -0.15) is 0 Å². The lowest BCUT2D eigenvalue weighted by Gasteiger charge is -2.17. The fourth-order valence-corrected chi connectivity index (χ4v) is 2.22. The highest BCUT2D eigenvalue weighted by Crippen LogP contribution is 2.17. The van der Waals surface area contributed by atoms with E-state index in [2.05, 4.69) is 13.8 Å². The molecular weight excluding hydrogens is 250 g/mol. The molecule has 0 heterocycles. The molecular formula is C17H29NO2. The third-order valence-corrected chi connectivity index (χ3v) is 3.77. The van der Waals surface area contributed by atoms with Gasteiger partial charge in [-0.15, -0.1) is 0 Å². The van der Waals surface area contributed by atoms with Gasteiger partial charge in [0.15, 0.2) is 0 Å². The first-order chi connectivity index (χ1) is 9.71. The average Bonchev–Trinajstić information content (AvgIpc) is 2.50. The summed E-state index contributed by atoms with van der Waals surface area (Å²) in [6, 6.07) is 7.75. The minimum atomic E-state index is -0.550. The summed E-state index contributed by atoms with van der Waals surface area (Å²) in [4.78, 5) is 0. The highest BCUT2D eigenvalue weighted by molar-refractivity contribution is 5.23. The van der Waals surface area contributed by atoms with Crippen LogP contribution in [0.2, 0.25) is 0 Å². The molecule has 1 rings (SSSR count). The number of hydrogen-bond acceptors (Lipinski definition) is 3. The van der Waals surface area contributed by atoms with Gasteiger partial charge in [0.25, 0.3) is 0 Å². The molecule has 1 aromatic rings. The summed E-state index contributed by atoms with van der Waals surface area (Å²) in [6.07, 6.45) is 4.29. The van der Waals surface area contributed by atoms with Gasteiger partial charge in [0, 0.05) is 13.2 Å². The second-order valence-corrected chi connectivity index (χ2v) is 5.42. The summed E-state index contributed by atoms with van der Waals surface area (Å²) in [7, 11) is 0. The Bertz CT molecular complexity index is 351. The molecule has 2 unspecified atom stereocenters. The normalized spacial score (nSPS) is 14.2. The van der Waals surface area contributed by atoms with Crippen LogP contribution < -0.4 is 5.73 Å². The van der Waals surface area contributed by atoms with Gasteiger partial charge in [-0.3, -0.25) is 0 Å². The Balaban J connectivity index is 2.32. The molecule has 0 aromatic heterocycles. The molecule has 0 aliphatic carbocycles. The summed E-state index contributed by atoms with van der Waals surface area (Å²) < 4.78 is 5.68.